The molecule has 0 spiro atoms. The first-order chi connectivity index (χ1) is 6.20. The van der Waals surface area contributed by atoms with Gasteiger partial charge in [0.25, 0.3) is 0 Å². The van der Waals surface area contributed by atoms with Gasteiger partial charge in [-0.25, -0.2) is 4.79 Å². The summed E-state index contributed by atoms with van der Waals surface area (Å²) in [5.74, 6) is -1.05. The Morgan fingerprint density at radius 3 is 3.00 bits per heavy atom. The Morgan fingerprint density at radius 1 is 1.69 bits per heavy atom. The van der Waals surface area contributed by atoms with Crippen molar-refractivity contribution in [1.29, 1.82) is 0 Å². The Bertz CT molecular complexity index is 321. The van der Waals surface area contributed by atoms with E-state index in [1.165, 1.54) is 6.92 Å². The van der Waals surface area contributed by atoms with Crippen molar-refractivity contribution < 1.29 is 9.90 Å². The highest BCUT2D eigenvalue weighted by Crippen LogP contribution is 2.01. The number of hydrogen-bond donors (Lipinski definition) is 2. The van der Waals surface area contributed by atoms with Crippen molar-refractivity contribution in [3.63, 3.8) is 0 Å². The van der Waals surface area contributed by atoms with Gasteiger partial charge < -0.3 is 5.11 Å². The highest BCUT2D eigenvalue weighted by Gasteiger charge is 2.00. The van der Waals surface area contributed by atoms with E-state index in [1.54, 1.807) is 24.5 Å². The molecule has 1 aromatic rings. The average Bonchev–Trinajstić information content (AvgIpc) is 2.15. The molecule has 1 aromatic heterocycles. The third kappa shape index (κ3) is 2.90. The Kier molecular flexibility index (Phi) is 2.97. The lowest BCUT2D eigenvalue weighted by Gasteiger charge is -1.98. The molecular formula is C8H9N3O2. The Labute approximate surface area is 75.1 Å². The zero-order chi connectivity index (χ0) is 9.68. The van der Waals surface area contributed by atoms with Gasteiger partial charge in [-0.05, 0) is 19.1 Å². The summed E-state index contributed by atoms with van der Waals surface area (Å²) in [6.07, 6.45) is 3.18. The second-order valence-electron chi connectivity index (χ2n) is 2.36. The third-order valence-corrected chi connectivity index (χ3v) is 1.32. The lowest BCUT2D eigenvalue weighted by atomic mass is 10.4. The molecule has 0 fully saturated rings. The van der Waals surface area contributed by atoms with E-state index >= 15 is 0 Å². The topological polar surface area (TPSA) is 74.6 Å². The fraction of sp³-hybridized carbons (Fsp3) is 0.125. The van der Waals surface area contributed by atoms with Crippen LogP contribution >= 0.6 is 0 Å². The summed E-state index contributed by atoms with van der Waals surface area (Å²) >= 11 is 0. The van der Waals surface area contributed by atoms with Crippen molar-refractivity contribution in [1.82, 2.24) is 4.98 Å². The summed E-state index contributed by atoms with van der Waals surface area (Å²) in [7, 11) is 0. The van der Waals surface area contributed by atoms with Crippen molar-refractivity contribution in [2.24, 2.45) is 5.10 Å². The molecule has 0 radical (unpaired) electrons. The average molecular weight is 179 g/mol. The van der Waals surface area contributed by atoms with E-state index in [4.69, 9.17) is 5.11 Å². The molecule has 0 aliphatic heterocycles. The maximum absolute atomic E-state index is 10.3. The van der Waals surface area contributed by atoms with Crippen molar-refractivity contribution in [3.8, 4) is 0 Å². The number of hydrazone groups is 1. The number of aromatic nitrogens is 1. The highest BCUT2D eigenvalue weighted by atomic mass is 16.4. The molecular weight excluding hydrogens is 170 g/mol. The predicted molar refractivity (Wildman–Crippen MR) is 48.6 cm³/mol. The molecule has 0 amide bonds. The van der Waals surface area contributed by atoms with E-state index in [0.717, 1.165) is 0 Å². The number of carboxylic acid groups (broad SMARTS) is 1. The van der Waals surface area contributed by atoms with Crippen LogP contribution < -0.4 is 5.43 Å². The van der Waals surface area contributed by atoms with Gasteiger partial charge in [-0.15, -0.1) is 0 Å². The summed E-state index contributed by atoms with van der Waals surface area (Å²) in [6, 6.07) is 3.47. The molecule has 0 atom stereocenters. The molecule has 2 N–H and O–H groups in total. The molecule has 5 heteroatoms. The minimum absolute atomic E-state index is 0.00357. The van der Waals surface area contributed by atoms with E-state index in [9.17, 15) is 4.79 Å². The Hall–Kier alpha value is -1.91. The molecule has 1 heterocycles. The van der Waals surface area contributed by atoms with E-state index < -0.39 is 5.97 Å². The van der Waals surface area contributed by atoms with Crippen molar-refractivity contribution in [3.05, 3.63) is 24.5 Å². The zero-order valence-corrected chi connectivity index (χ0v) is 7.06. The van der Waals surface area contributed by atoms with Gasteiger partial charge in [0.2, 0.25) is 0 Å². The van der Waals surface area contributed by atoms with Crippen LogP contribution in [0.5, 0.6) is 0 Å². The number of anilines is 1. The summed E-state index contributed by atoms with van der Waals surface area (Å²) < 4.78 is 0. The van der Waals surface area contributed by atoms with Crippen molar-refractivity contribution in [2.45, 2.75) is 6.92 Å². The van der Waals surface area contributed by atoms with Gasteiger partial charge in [0, 0.05) is 6.20 Å². The standard InChI is InChI=1S/C8H9N3O2/c1-6(8(12)13)10-11-7-3-2-4-9-5-7/h2-5,11H,1H3,(H,12,13)/b10-6+. The van der Waals surface area contributed by atoms with Crippen LogP contribution in [0, 0.1) is 0 Å². The fourth-order valence-corrected chi connectivity index (χ4v) is 0.625. The van der Waals surface area contributed by atoms with Crippen LogP contribution in [-0.4, -0.2) is 21.8 Å². The number of nitrogens with zero attached hydrogens (tertiary/aromatic N) is 2. The van der Waals surface area contributed by atoms with E-state index in [2.05, 4.69) is 15.5 Å². The second kappa shape index (κ2) is 4.20. The van der Waals surface area contributed by atoms with Crippen LogP contribution in [0.25, 0.3) is 0 Å². The Morgan fingerprint density at radius 2 is 2.46 bits per heavy atom. The number of nitrogens with one attached hydrogen (secondary N) is 1. The van der Waals surface area contributed by atoms with Crippen LogP contribution in [0.3, 0.4) is 0 Å². The summed E-state index contributed by atoms with van der Waals surface area (Å²) in [5.41, 5.74) is 3.23. The van der Waals surface area contributed by atoms with Crippen molar-refractivity contribution in [2.75, 3.05) is 5.43 Å². The first-order valence-corrected chi connectivity index (χ1v) is 3.64. The van der Waals surface area contributed by atoms with Crippen LogP contribution in [0.2, 0.25) is 0 Å². The smallest absolute Gasteiger partial charge is 0.351 e. The first-order valence-electron chi connectivity index (χ1n) is 3.64. The lowest BCUT2D eigenvalue weighted by Crippen LogP contribution is -2.10. The molecule has 0 aliphatic carbocycles. The van der Waals surface area contributed by atoms with Gasteiger partial charge >= 0.3 is 5.97 Å². The van der Waals surface area contributed by atoms with Crippen LogP contribution in [0.1, 0.15) is 6.92 Å². The normalized spacial score (nSPS) is 11.0. The summed E-state index contributed by atoms with van der Waals surface area (Å²) in [5, 5.41) is 12.1. The zero-order valence-electron chi connectivity index (χ0n) is 7.06. The fourth-order valence-electron chi connectivity index (χ4n) is 0.625. The summed E-state index contributed by atoms with van der Waals surface area (Å²) in [4.78, 5) is 14.2. The van der Waals surface area contributed by atoms with Crippen LogP contribution in [0.15, 0.2) is 29.6 Å². The van der Waals surface area contributed by atoms with Gasteiger partial charge in [-0.2, -0.15) is 5.10 Å². The third-order valence-electron chi connectivity index (χ3n) is 1.32. The summed E-state index contributed by atoms with van der Waals surface area (Å²) in [6.45, 7) is 1.41. The van der Waals surface area contributed by atoms with Crippen LogP contribution in [0.4, 0.5) is 5.69 Å². The number of aliphatic carboxylic acids is 1. The van der Waals surface area contributed by atoms with Gasteiger partial charge in [-0.3, -0.25) is 10.4 Å². The largest absolute Gasteiger partial charge is 0.477 e. The molecule has 0 aliphatic rings. The predicted octanol–water partition coefficient (Wildman–Crippen LogP) is 0.954. The second-order valence-corrected chi connectivity index (χ2v) is 2.36. The molecule has 5 nitrogen and oxygen atoms in total. The van der Waals surface area contributed by atoms with Crippen LogP contribution in [-0.2, 0) is 4.79 Å². The van der Waals surface area contributed by atoms with Gasteiger partial charge in [-0.1, -0.05) is 0 Å². The van der Waals surface area contributed by atoms with Gasteiger partial charge in [0.1, 0.15) is 5.71 Å². The lowest BCUT2D eigenvalue weighted by molar-refractivity contribution is -0.129. The highest BCUT2D eigenvalue weighted by molar-refractivity contribution is 6.34. The number of carbonyl (C=O) groups is 1. The number of rotatable bonds is 3. The number of hydrogen-bond acceptors (Lipinski definition) is 4. The van der Waals surface area contributed by atoms with E-state index in [-0.39, 0.29) is 5.71 Å². The van der Waals surface area contributed by atoms with Crippen molar-refractivity contribution >= 4 is 17.4 Å². The van der Waals surface area contributed by atoms with Gasteiger partial charge in [0.05, 0.1) is 11.9 Å². The molecule has 1 rings (SSSR count). The molecule has 0 unspecified atom stereocenters. The molecule has 13 heavy (non-hydrogen) atoms. The molecule has 0 aromatic carbocycles. The van der Waals surface area contributed by atoms with E-state index in [0.29, 0.717) is 5.69 Å². The SMILES string of the molecule is C/C(=N\Nc1cccnc1)C(=O)O. The quantitative estimate of drug-likeness (QED) is 0.535. The molecule has 0 bridgehead atoms. The first kappa shape index (κ1) is 9.18. The minimum Gasteiger partial charge on any atom is -0.477 e. The molecule has 68 valence electrons. The maximum Gasteiger partial charge on any atom is 0.351 e. The van der Waals surface area contributed by atoms with E-state index in [1.807, 2.05) is 0 Å². The molecule has 0 saturated heterocycles. The monoisotopic (exact) mass is 179 g/mol. The van der Waals surface area contributed by atoms with Gasteiger partial charge in [0.15, 0.2) is 0 Å². The minimum atomic E-state index is -1.05. The maximum atomic E-state index is 10.3. The Balaban J connectivity index is 2.62. The number of pyridine rings is 1. The molecule has 0 saturated carbocycles. The number of carboxylic acids is 1.